The predicted octanol–water partition coefficient (Wildman–Crippen LogP) is 20.1. The lowest BCUT2D eigenvalue weighted by Crippen LogP contribution is -2.45. The molecule has 1 aliphatic heterocycles. The van der Waals surface area contributed by atoms with E-state index in [1.165, 1.54) is 141 Å². The highest BCUT2D eigenvalue weighted by atomic mass is 19.1. The summed E-state index contributed by atoms with van der Waals surface area (Å²) in [5, 5.41) is 3.14. The molecule has 2 atom stereocenters. The number of nitrogens with zero attached hydrogens (tertiary/aromatic N) is 1. The molecule has 14 heteroatoms. The first kappa shape index (κ1) is 75.9. The Kier molecular flexibility index (Phi) is 37.2. The number of esters is 4. The number of unbranched alkanes of at least 4 members (excludes halogenated alkanes) is 26. The van der Waals surface area contributed by atoms with Crippen molar-refractivity contribution in [2.75, 3.05) is 25.1 Å². The maximum Gasteiger partial charge on any atom is 0.308 e. The lowest BCUT2D eigenvalue weighted by atomic mass is 9.94. The normalized spacial score (nSPS) is 14.6. The Labute approximate surface area is 546 Å². The molecule has 2 heterocycles. The van der Waals surface area contributed by atoms with Crippen molar-refractivity contribution in [1.29, 1.82) is 0 Å². The molecule has 0 spiro atoms. The fourth-order valence-corrected chi connectivity index (χ4v) is 12.4. The number of amides is 1. The van der Waals surface area contributed by atoms with Crippen LogP contribution in [-0.2, 0) is 54.1 Å². The number of halogens is 1. The highest BCUT2D eigenvalue weighted by molar-refractivity contribution is 6.12. The molecule has 1 N–H and O–H groups in total. The number of para-hydroxylation sites is 1. The molecule has 91 heavy (non-hydrogen) atoms. The molecule has 1 aromatic heterocycles. The summed E-state index contributed by atoms with van der Waals surface area (Å²) in [6, 6.07) is 25.6. The SMILES string of the molecule is CCCCCCCCCCCCCCCC(=O)OCC(COC(=O)CCCCCCCCCCCCCCC)OC(=O)CCCCCOC(=O)C[C@H]1C[C@@H](CCn2c(-c3ccc(F)cc3)c(-c3ccccc3)c(C(=O)Nc3ccccc3)c2C(C)C)OC(C)(C)O1. The Morgan fingerprint density at radius 1 is 0.538 bits per heavy atom. The molecule has 0 aliphatic carbocycles. The van der Waals surface area contributed by atoms with Crippen LogP contribution >= 0.6 is 0 Å². The minimum Gasteiger partial charge on any atom is -0.466 e. The maximum absolute atomic E-state index is 14.6. The molecule has 0 saturated carbocycles. The third-order valence-corrected chi connectivity index (χ3v) is 17.2. The van der Waals surface area contributed by atoms with Crippen LogP contribution in [0.1, 0.15) is 288 Å². The quantitative estimate of drug-likeness (QED) is 0.0255. The lowest BCUT2D eigenvalue weighted by molar-refractivity contribution is -0.300. The maximum atomic E-state index is 14.6. The zero-order valence-corrected chi connectivity index (χ0v) is 56.8. The predicted molar refractivity (Wildman–Crippen MR) is 363 cm³/mol. The number of hydrogen-bond acceptors (Lipinski definition) is 11. The van der Waals surface area contributed by atoms with E-state index in [1.807, 2.05) is 74.5 Å². The Bertz CT molecular complexity index is 2610. The first-order chi connectivity index (χ1) is 44.2. The summed E-state index contributed by atoms with van der Waals surface area (Å²) >= 11 is 0. The molecule has 0 unspecified atom stereocenters. The number of carbonyl (C=O) groups excluding carboxylic acids is 5. The van der Waals surface area contributed by atoms with Crippen LogP contribution in [-0.4, -0.2) is 78.3 Å². The number of carbonyl (C=O) groups is 5. The second-order valence-corrected chi connectivity index (χ2v) is 26.1. The van der Waals surface area contributed by atoms with Crippen molar-refractivity contribution < 1.29 is 56.8 Å². The highest BCUT2D eigenvalue weighted by Gasteiger charge is 2.38. The summed E-state index contributed by atoms with van der Waals surface area (Å²) in [6.07, 6.45) is 33.0. The minimum atomic E-state index is -1.00. The van der Waals surface area contributed by atoms with Gasteiger partial charge in [0.1, 0.15) is 19.0 Å². The smallest absolute Gasteiger partial charge is 0.308 e. The fourth-order valence-electron chi connectivity index (χ4n) is 12.4. The van der Waals surface area contributed by atoms with Gasteiger partial charge in [0.2, 0.25) is 0 Å². The molecular weight excluding hydrogens is 1150 g/mol. The molecule has 13 nitrogen and oxygen atoms in total. The molecule has 5 rings (SSSR count). The van der Waals surface area contributed by atoms with Crippen molar-refractivity contribution in [3.63, 3.8) is 0 Å². The van der Waals surface area contributed by atoms with E-state index in [-0.39, 0.29) is 81.2 Å². The number of anilines is 1. The van der Waals surface area contributed by atoms with Gasteiger partial charge in [-0.15, -0.1) is 0 Å². The van der Waals surface area contributed by atoms with Gasteiger partial charge in [-0.2, -0.15) is 0 Å². The van der Waals surface area contributed by atoms with Gasteiger partial charge in [-0.1, -0.05) is 230 Å². The van der Waals surface area contributed by atoms with Crippen LogP contribution in [0.5, 0.6) is 0 Å². The van der Waals surface area contributed by atoms with E-state index in [9.17, 15) is 28.4 Å². The number of benzene rings is 3. The van der Waals surface area contributed by atoms with Gasteiger partial charge in [0, 0.05) is 49.2 Å². The standard InChI is InChI=1S/C77H115FN2O11/c1-7-9-11-13-15-17-19-21-23-25-27-29-38-46-68(81)87-58-67(59-88-69(82)47-39-30-28-26-24-22-20-18-16-14-12-10-8-2)89-70(83)48-40-33-41-55-86-71(84)57-66-56-65(90-77(5,6)91-66)53-54-80-74(60(3)4)73(76(85)79-64-44-36-32-37-45-64)72(61-42-34-31-35-43-61)75(80)62-49-51-63(78)52-50-62/h31-32,34-37,42-45,49-52,60,65-67H,7-30,33,38-41,46-48,53-59H2,1-6H3,(H,79,85)/t65-,66-/m1/s1. The van der Waals surface area contributed by atoms with E-state index in [2.05, 4.69) is 37.6 Å². The first-order valence-corrected chi connectivity index (χ1v) is 35.6. The molecule has 4 aromatic rings. The summed E-state index contributed by atoms with van der Waals surface area (Å²) in [5.74, 6) is -3.30. The highest BCUT2D eigenvalue weighted by Crippen LogP contribution is 2.43. The summed E-state index contributed by atoms with van der Waals surface area (Å²) in [4.78, 5) is 66.9. The van der Waals surface area contributed by atoms with Crippen molar-refractivity contribution in [2.45, 2.75) is 303 Å². The summed E-state index contributed by atoms with van der Waals surface area (Å²) in [5.41, 5.74) is 5.20. The molecule has 1 fully saturated rings. The van der Waals surface area contributed by atoms with Gasteiger partial charge in [-0.25, -0.2) is 4.39 Å². The lowest BCUT2D eigenvalue weighted by Gasteiger charge is -2.40. The molecule has 1 amide bonds. The van der Waals surface area contributed by atoms with Crippen LogP contribution < -0.4 is 5.32 Å². The van der Waals surface area contributed by atoms with Gasteiger partial charge in [-0.05, 0) is 106 Å². The van der Waals surface area contributed by atoms with Gasteiger partial charge in [0.25, 0.3) is 5.91 Å². The number of nitrogens with one attached hydrogen (secondary N) is 1. The summed E-state index contributed by atoms with van der Waals surface area (Å²) in [6.45, 7) is 12.6. The van der Waals surface area contributed by atoms with Crippen molar-refractivity contribution in [3.05, 3.63) is 102 Å². The van der Waals surface area contributed by atoms with Crippen molar-refractivity contribution >= 4 is 35.5 Å². The largest absolute Gasteiger partial charge is 0.466 e. The molecular formula is C77H115FN2O11. The molecule has 506 valence electrons. The van der Waals surface area contributed by atoms with Crippen LogP contribution in [0.15, 0.2) is 84.9 Å². The molecule has 1 aliphatic rings. The monoisotopic (exact) mass is 1260 g/mol. The number of ether oxygens (including phenoxy) is 6. The Morgan fingerprint density at radius 2 is 0.989 bits per heavy atom. The van der Waals surface area contributed by atoms with E-state index < -0.39 is 29.9 Å². The van der Waals surface area contributed by atoms with E-state index in [1.54, 1.807) is 12.1 Å². The van der Waals surface area contributed by atoms with Gasteiger partial charge in [0.05, 0.1) is 36.5 Å². The average molecular weight is 1260 g/mol. The molecule has 0 bridgehead atoms. The van der Waals surface area contributed by atoms with Crippen LogP contribution in [0, 0.1) is 5.82 Å². The van der Waals surface area contributed by atoms with Gasteiger partial charge in [0.15, 0.2) is 11.9 Å². The summed E-state index contributed by atoms with van der Waals surface area (Å²) in [7, 11) is 0. The zero-order valence-electron chi connectivity index (χ0n) is 56.8. The molecule has 1 saturated heterocycles. The third kappa shape index (κ3) is 30.6. The van der Waals surface area contributed by atoms with Crippen LogP contribution in [0.25, 0.3) is 22.4 Å². The first-order valence-electron chi connectivity index (χ1n) is 35.6. The van der Waals surface area contributed by atoms with Gasteiger partial charge < -0.3 is 38.3 Å². The molecule has 3 aromatic carbocycles. The molecule has 0 radical (unpaired) electrons. The number of aromatic nitrogens is 1. The Morgan fingerprint density at radius 3 is 1.48 bits per heavy atom. The van der Waals surface area contributed by atoms with Crippen molar-refractivity contribution in [3.8, 4) is 22.4 Å². The Hall–Kier alpha value is -5.86. The number of hydrogen-bond donors (Lipinski definition) is 1. The van der Waals surface area contributed by atoms with Gasteiger partial charge in [-0.3, -0.25) is 24.0 Å². The topological polar surface area (TPSA) is 158 Å². The van der Waals surface area contributed by atoms with Crippen molar-refractivity contribution in [1.82, 2.24) is 4.57 Å². The number of rotatable bonds is 49. The van der Waals surface area contributed by atoms with E-state index in [4.69, 9.17) is 28.4 Å². The summed E-state index contributed by atoms with van der Waals surface area (Å²) < 4.78 is 52.2. The second-order valence-electron chi connectivity index (χ2n) is 26.1. The van der Waals surface area contributed by atoms with Gasteiger partial charge >= 0.3 is 23.9 Å². The van der Waals surface area contributed by atoms with Crippen LogP contribution in [0.3, 0.4) is 0 Å². The third-order valence-electron chi connectivity index (χ3n) is 17.2. The van der Waals surface area contributed by atoms with Crippen molar-refractivity contribution in [2.24, 2.45) is 0 Å². The second kappa shape index (κ2) is 44.6. The average Bonchev–Trinajstić information content (AvgIpc) is 1.60. The van der Waals surface area contributed by atoms with Crippen LogP contribution in [0.2, 0.25) is 0 Å². The van der Waals surface area contributed by atoms with Crippen LogP contribution in [0.4, 0.5) is 10.1 Å². The fraction of sp³-hybridized carbons (Fsp3) is 0.649. The minimum absolute atomic E-state index is 0.0223. The van der Waals surface area contributed by atoms with E-state index >= 15 is 0 Å². The van der Waals surface area contributed by atoms with E-state index in [0.717, 1.165) is 66.6 Å². The Balaban J connectivity index is 1.08. The van der Waals surface area contributed by atoms with E-state index in [0.29, 0.717) is 49.9 Å². The zero-order chi connectivity index (χ0) is 65.3.